The number of aromatic nitrogens is 1. The van der Waals surface area contributed by atoms with Crippen molar-refractivity contribution in [3.63, 3.8) is 0 Å². The molecule has 1 N–H and O–H groups in total. The van der Waals surface area contributed by atoms with Crippen molar-refractivity contribution in [3.8, 4) is 17.4 Å². The number of benzene rings is 1. The predicted molar refractivity (Wildman–Crippen MR) is 83.3 cm³/mol. The minimum absolute atomic E-state index is 0.180. The van der Waals surface area contributed by atoms with Gasteiger partial charge in [0.25, 0.3) is 0 Å². The Hall–Kier alpha value is -2.23. The second-order valence-corrected chi connectivity index (χ2v) is 5.78. The quantitative estimate of drug-likeness (QED) is 0.921. The zero-order valence-electron chi connectivity index (χ0n) is 12.6. The molecule has 2 aromatic rings. The van der Waals surface area contributed by atoms with Crippen LogP contribution in [0, 0.1) is 0 Å². The summed E-state index contributed by atoms with van der Waals surface area (Å²) in [6, 6.07) is 11.7. The summed E-state index contributed by atoms with van der Waals surface area (Å²) in [6.45, 7) is 7.03. The van der Waals surface area contributed by atoms with Crippen LogP contribution in [-0.4, -0.2) is 17.1 Å². The van der Waals surface area contributed by atoms with E-state index in [0.29, 0.717) is 5.88 Å². The van der Waals surface area contributed by atoms with Gasteiger partial charge in [0, 0.05) is 24.6 Å². The zero-order valence-corrected chi connectivity index (χ0v) is 12.6. The predicted octanol–water partition coefficient (Wildman–Crippen LogP) is 4.02. The Morgan fingerprint density at radius 3 is 2.86 bits per heavy atom. The Bertz CT molecular complexity index is 653. The molecule has 0 fully saturated rings. The van der Waals surface area contributed by atoms with E-state index in [-0.39, 0.29) is 5.60 Å². The molecule has 0 saturated carbocycles. The third kappa shape index (κ3) is 2.94. The van der Waals surface area contributed by atoms with Crippen LogP contribution in [0.15, 0.2) is 36.4 Å². The van der Waals surface area contributed by atoms with Gasteiger partial charge in [-0.3, -0.25) is 0 Å². The molecular weight excluding hydrogens is 264 g/mol. The lowest BCUT2D eigenvalue weighted by Gasteiger charge is -2.18. The van der Waals surface area contributed by atoms with Crippen molar-refractivity contribution in [2.45, 2.75) is 32.8 Å². The molecule has 1 aliphatic rings. The van der Waals surface area contributed by atoms with Gasteiger partial charge in [-0.2, -0.15) is 4.98 Å². The number of hydrogen-bond acceptors (Lipinski definition) is 4. The first-order chi connectivity index (χ1) is 10.1. The van der Waals surface area contributed by atoms with Crippen molar-refractivity contribution >= 4 is 5.82 Å². The second-order valence-electron chi connectivity index (χ2n) is 5.78. The first-order valence-electron chi connectivity index (χ1n) is 7.27. The molecule has 2 heterocycles. The van der Waals surface area contributed by atoms with Crippen LogP contribution in [0.4, 0.5) is 5.82 Å². The third-order valence-electron chi connectivity index (χ3n) is 3.35. The Labute approximate surface area is 125 Å². The van der Waals surface area contributed by atoms with Gasteiger partial charge in [-0.15, -0.1) is 0 Å². The molecule has 0 unspecified atom stereocenters. The van der Waals surface area contributed by atoms with E-state index in [1.807, 2.05) is 37.3 Å². The van der Waals surface area contributed by atoms with Crippen molar-refractivity contribution in [1.82, 2.24) is 4.98 Å². The average molecular weight is 284 g/mol. The molecule has 0 bridgehead atoms. The van der Waals surface area contributed by atoms with E-state index >= 15 is 0 Å². The van der Waals surface area contributed by atoms with Gasteiger partial charge in [-0.1, -0.05) is 18.2 Å². The van der Waals surface area contributed by atoms with Gasteiger partial charge in [0.15, 0.2) is 11.5 Å². The van der Waals surface area contributed by atoms with E-state index in [1.165, 1.54) is 5.56 Å². The molecule has 0 atom stereocenters. The molecule has 3 rings (SSSR count). The fourth-order valence-electron chi connectivity index (χ4n) is 2.53. The molecule has 4 nitrogen and oxygen atoms in total. The Morgan fingerprint density at radius 1 is 1.24 bits per heavy atom. The summed E-state index contributed by atoms with van der Waals surface area (Å²) < 4.78 is 11.9. The van der Waals surface area contributed by atoms with Crippen LogP contribution in [0.25, 0.3) is 0 Å². The number of anilines is 1. The molecule has 0 spiro atoms. The summed E-state index contributed by atoms with van der Waals surface area (Å²) in [5.74, 6) is 2.93. The van der Waals surface area contributed by atoms with Gasteiger partial charge >= 0.3 is 0 Å². The van der Waals surface area contributed by atoms with Gasteiger partial charge in [0.05, 0.1) is 0 Å². The fraction of sp³-hybridized carbons (Fsp3) is 0.353. The Balaban J connectivity index is 1.87. The topological polar surface area (TPSA) is 43.4 Å². The number of pyridine rings is 1. The maximum Gasteiger partial charge on any atom is 0.221 e. The maximum absolute atomic E-state index is 6.01. The van der Waals surface area contributed by atoms with Crippen molar-refractivity contribution < 1.29 is 9.47 Å². The van der Waals surface area contributed by atoms with Crippen LogP contribution < -0.4 is 14.8 Å². The lowest BCUT2D eigenvalue weighted by molar-refractivity contribution is 0.135. The number of rotatable bonds is 4. The molecule has 4 heteroatoms. The second kappa shape index (κ2) is 5.28. The molecule has 0 amide bonds. The SMILES string of the molecule is CCNc1cccc(Oc2cccc3c2OC(C)(C)C3)n1. The molecule has 110 valence electrons. The molecule has 1 aromatic heterocycles. The molecule has 1 aliphatic heterocycles. The third-order valence-corrected chi connectivity index (χ3v) is 3.35. The monoisotopic (exact) mass is 284 g/mol. The first kappa shape index (κ1) is 13.7. The molecule has 0 saturated heterocycles. The molecular formula is C17H20N2O2. The number of para-hydroxylation sites is 1. The largest absolute Gasteiger partial charge is 0.483 e. The van der Waals surface area contributed by atoms with Crippen LogP contribution in [0.2, 0.25) is 0 Å². The summed E-state index contributed by atoms with van der Waals surface area (Å²) in [4.78, 5) is 4.43. The first-order valence-corrected chi connectivity index (χ1v) is 7.27. The summed E-state index contributed by atoms with van der Waals surface area (Å²) in [5, 5.41) is 3.18. The van der Waals surface area contributed by atoms with E-state index in [9.17, 15) is 0 Å². The summed E-state index contributed by atoms with van der Waals surface area (Å²) in [7, 11) is 0. The van der Waals surface area contributed by atoms with E-state index in [2.05, 4.69) is 30.2 Å². The maximum atomic E-state index is 6.01. The average Bonchev–Trinajstić information content (AvgIpc) is 2.75. The Kier molecular flexibility index (Phi) is 3.45. The summed E-state index contributed by atoms with van der Waals surface area (Å²) in [6.07, 6.45) is 0.893. The number of nitrogens with one attached hydrogen (secondary N) is 1. The van der Waals surface area contributed by atoms with Crippen LogP contribution in [-0.2, 0) is 6.42 Å². The number of fused-ring (bicyclic) bond motifs is 1. The highest BCUT2D eigenvalue weighted by Gasteiger charge is 2.32. The molecule has 21 heavy (non-hydrogen) atoms. The standard InChI is InChI=1S/C17H20N2O2/c1-4-18-14-9-6-10-15(19-14)20-13-8-5-7-12-11-17(2,3)21-16(12)13/h5-10H,4,11H2,1-3H3,(H,18,19). The highest BCUT2D eigenvalue weighted by Crippen LogP contribution is 2.43. The van der Waals surface area contributed by atoms with Gasteiger partial charge < -0.3 is 14.8 Å². The van der Waals surface area contributed by atoms with Gasteiger partial charge in [0.2, 0.25) is 5.88 Å². The van der Waals surface area contributed by atoms with Gasteiger partial charge in [0.1, 0.15) is 11.4 Å². The van der Waals surface area contributed by atoms with Crippen LogP contribution in [0.3, 0.4) is 0 Å². The number of hydrogen-bond donors (Lipinski definition) is 1. The van der Waals surface area contributed by atoms with Gasteiger partial charge in [-0.05, 0) is 32.9 Å². The number of nitrogens with zero attached hydrogens (tertiary/aromatic N) is 1. The highest BCUT2D eigenvalue weighted by atomic mass is 16.5. The zero-order chi connectivity index (χ0) is 14.9. The van der Waals surface area contributed by atoms with Crippen molar-refractivity contribution in [2.75, 3.05) is 11.9 Å². The van der Waals surface area contributed by atoms with Crippen LogP contribution in [0.1, 0.15) is 26.3 Å². The van der Waals surface area contributed by atoms with Gasteiger partial charge in [-0.25, -0.2) is 0 Å². The molecule has 1 aromatic carbocycles. The van der Waals surface area contributed by atoms with Crippen molar-refractivity contribution in [3.05, 3.63) is 42.0 Å². The van der Waals surface area contributed by atoms with Crippen molar-refractivity contribution in [2.24, 2.45) is 0 Å². The minimum Gasteiger partial charge on any atom is -0.483 e. The lowest BCUT2D eigenvalue weighted by atomic mass is 10.0. The van der Waals surface area contributed by atoms with Crippen molar-refractivity contribution in [1.29, 1.82) is 0 Å². The van der Waals surface area contributed by atoms with E-state index in [1.54, 1.807) is 0 Å². The van der Waals surface area contributed by atoms with E-state index in [4.69, 9.17) is 9.47 Å². The van der Waals surface area contributed by atoms with Crippen LogP contribution in [0.5, 0.6) is 17.4 Å². The summed E-state index contributed by atoms with van der Waals surface area (Å²) >= 11 is 0. The fourth-order valence-corrected chi connectivity index (χ4v) is 2.53. The normalized spacial score (nSPS) is 15.2. The van der Waals surface area contributed by atoms with E-state index < -0.39 is 0 Å². The molecule has 0 aliphatic carbocycles. The smallest absolute Gasteiger partial charge is 0.221 e. The highest BCUT2D eigenvalue weighted by molar-refractivity contribution is 5.51. The molecule has 0 radical (unpaired) electrons. The van der Waals surface area contributed by atoms with Crippen LogP contribution >= 0.6 is 0 Å². The van der Waals surface area contributed by atoms with E-state index in [0.717, 1.165) is 30.3 Å². The number of ether oxygens (including phenoxy) is 2. The Morgan fingerprint density at radius 2 is 2.05 bits per heavy atom. The lowest BCUT2D eigenvalue weighted by Crippen LogP contribution is -2.24. The summed E-state index contributed by atoms with van der Waals surface area (Å²) in [5.41, 5.74) is 1.00. The minimum atomic E-state index is -0.180.